The van der Waals surface area contributed by atoms with Gasteiger partial charge in [-0.2, -0.15) is 9.97 Å². The number of fused-ring (bicyclic) bond motifs is 1. The van der Waals surface area contributed by atoms with Crippen molar-refractivity contribution in [2.45, 2.75) is 32.4 Å². The molecule has 0 aliphatic carbocycles. The fourth-order valence-electron chi connectivity index (χ4n) is 3.05. The minimum absolute atomic E-state index is 0.106. The van der Waals surface area contributed by atoms with Crippen molar-refractivity contribution >= 4 is 17.1 Å². The number of nitrogens with zero attached hydrogens (tertiary/aromatic N) is 5. The molecule has 1 aliphatic heterocycles. The van der Waals surface area contributed by atoms with E-state index in [0.717, 1.165) is 19.4 Å². The number of ether oxygens (including phenoxy) is 1. The quantitative estimate of drug-likeness (QED) is 0.802. The number of anilines is 1. The van der Waals surface area contributed by atoms with Crippen LogP contribution in [0.25, 0.3) is 11.2 Å². The molecule has 8 heteroatoms. The molecule has 3 rings (SSSR count). The summed E-state index contributed by atoms with van der Waals surface area (Å²) in [6, 6.07) is 0.343. The normalized spacial score (nSPS) is 17.7. The maximum atomic E-state index is 12.7. The third-order valence-electron chi connectivity index (χ3n) is 4.26. The molecule has 0 amide bonds. The lowest BCUT2D eigenvalue weighted by Gasteiger charge is -2.31. The number of piperidine rings is 1. The molecule has 0 radical (unpaired) electrons. The summed E-state index contributed by atoms with van der Waals surface area (Å²) in [7, 11) is 3.12. The summed E-state index contributed by atoms with van der Waals surface area (Å²) in [5, 5.41) is 0. The van der Waals surface area contributed by atoms with Crippen molar-refractivity contribution in [3.8, 4) is 17.9 Å². The second kappa shape index (κ2) is 6.53. The molecule has 2 N–H and O–H groups in total. The van der Waals surface area contributed by atoms with E-state index in [1.165, 1.54) is 11.7 Å². The van der Waals surface area contributed by atoms with Crippen LogP contribution in [0.15, 0.2) is 4.79 Å². The summed E-state index contributed by atoms with van der Waals surface area (Å²) in [4.78, 5) is 23.8. The van der Waals surface area contributed by atoms with E-state index in [1.807, 2.05) is 4.57 Å². The molecule has 1 atom stereocenters. The molecule has 0 aromatic carbocycles. The van der Waals surface area contributed by atoms with E-state index in [0.29, 0.717) is 30.2 Å². The Morgan fingerprint density at radius 2 is 2.21 bits per heavy atom. The van der Waals surface area contributed by atoms with Crippen LogP contribution in [0.2, 0.25) is 0 Å². The number of imidazole rings is 1. The number of methoxy groups -OCH3 is 1. The van der Waals surface area contributed by atoms with E-state index in [9.17, 15) is 4.79 Å². The first-order valence-corrected chi connectivity index (χ1v) is 7.98. The second-order valence-corrected chi connectivity index (χ2v) is 5.91. The first-order chi connectivity index (χ1) is 11.6. The number of aromatic nitrogens is 4. The molecule has 2 aromatic rings. The number of nitrogens with two attached hydrogens (primary N) is 1. The Labute approximate surface area is 140 Å². The van der Waals surface area contributed by atoms with Crippen LogP contribution in [0.4, 0.5) is 5.95 Å². The lowest BCUT2D eigenvalue weighted by Crippen LogP contribution is -2.44. The SMILES string of the molecule is CC#CCn1c(N2CCCC(N)C2)nc2nc(OC)n(C)c(=O)c21. The Morgan fingerprint density at radius 1 is 1.42 bits per heavy atom. The van der Waals surface area contributed by atoms with E-state index < -0.39 is 0 Å². The smallest absolute Gasteiger partial charge is 0.300 e. The largest absolute Gasteiger partial charge is 0.468 e. The lowest BCUT2D eigenvalue weighted by atomic mass is 10.1. The molecular weight excluding hydrogens is 308 g/mol. The van der Waals surface area contributed by atoms with Gasteiger partial charge in [0.25, 0.3) is 5.56 Å². The van der Waals surface area contributed by atoms with E-state index in [2.05, 4.69) is 26.7 Å². The molecule has 0 spiro atoms. The third-order valence-corrected chi connectivity index (χ3v) is 4.26. The zero-order chi connectivity index (χ0) is 17.3. The molecule has 128 valence electrons. The second-order valence-electron chi connectivity index (χ2n) is 5.91. The zero-order valence-corrected chi connectivity index (χ0v) is 14.2. The highest BCUT2D eigenvalue weighted by molar-refractivity contribution is 5.74. The van der Waals surface area contributed by atoms with Crippen LogP contribution in [0.3, 0.4) is 0 Å². The molecule has 1 saturated heterocycles. The van der Waals surface area contributed by atoms with E-state index in [-0.39, 0.29) is 17.6 Å². The van der Waals surface area contributed by atoms with Crippen LogP contribution >= 0.6 is 0 Å². The molecule has 0 bridgehead atoms. The van der Waals surface area contributed by atoms with Crippen LogP contribution in [-0.4, -0.2) is 45.3 Å². The van der Waals surface area contributed by atoms with E-state index in [1.54, 1.807) is 14.0 Å². The maximum Gasteiger partial charge on any atom is 0.300 e. The van der Waals surface area contributed by atoms with E-state index >= 15 is 0 Å². The molecule has 1 fully saturated rings. The van der Waals surface area contributed by atoms with Gasteiger partial charge in [-0.15, -0.1) is 5.92 Å². The van der Waals surface area contributed by atoms with Gasteiger partial charge in [-0.05, 0) is 19.8 Å². The Kier molecular flexibility index (Phi) is 4.44. The van der Waals surface area contributed by atoms with Gasteiger partial charge in [-0.3, -0.25) is 13.9 Å². The summed E-state index contributed by atoms with van der Waals surface area (Å²) in [6.07, 6.45) is 2.00. The van der Waals surface area contributed by atoms with Gasteiger partial charge in [-0.1, -0.05) is 5.92 Å². The summed E-state index contributed by atoms with van der Waals surface area (Å²) >= 11 is 0. The van der Waals surface area contributed by atoms with Crippen molar-refractivity contribution in [1.82, 2.24) is 19.1 Å². The van der Waals surface area contributed by atoms with E-state index in [4.69, 9.17) is 10.5 Å². The van der Waals surface area contributed by atoms with Crippen LogP contribution in [0, 0.1) is 11.8 Å². The highest BCUT2D eigenvalue weighted by atomic mass is 16.5. The van der Waals surface area contributed by atoms with Gasteiger partial charge < -0.3 is 15.4 Å². The molecule has 2 aromatic heterocycles. The van der Waals surface area contributed by atoms with Crippen molar-refractivity contribution < 1.29 is 4.74 Å². The van der Waals surface area contributed by atoms with Crippen LogP contribution in [0.5, 0.6) is 6.01 Å². The Morgan fingerprint density at radius 3 is 2.88 bits per heavy atom. The molecular formula is C16H22N6O2. The summed E-state index contributed by atoms with van der Waals surface area (Å²) in [6.45, 7) is 3.72. The minimum Gasteiger partial charge on any atom is -0.468 e. The molecule has 0 saturated carbocycles. The number of rotatable bonds is 3. The Hall–Kier alpha value is -2.53. The molecule has 1 unspecified atom stereocenters. The zero-order valence-electron chi connectivity index (χ0n) is 14.2. The predicted octanol–water partition coefficient (Wildman–Crippen LogP) is 0.0894. The highest BCUT2D eigenvalue weighted by Crippen LogP contribution is 2.23. The van der Waals surface area contributed by atoms with Crippen LogP contribution in [0.1, 0.15) is 19.8 Å². The van der Waals surface area contributed by atoms with Gasteiger partial charge >= 0.3 is 6.01 Å². The Balaban J connectivity index is 2.21. The standard InChI is InChI=1S/C16H22N6O2/c1-4-5-9-22-12-13(19-16(24-3)20(2)14(12)23)18-15(22)21-8-6-7-11(17)10-21/h11H,6-10,17H2,1-3H3. The van der Waals surface area contributed by atoms with Gasteiger partial charge in [0.15, 0.2) is 11.2 Å². The van der Waals surface area contributed by atoms with Crippen LogP contribution in [-0.2, 0) is 13.6 Å². The fraction of sp³-hybridized carbons (Fsp3) is 0.562. The third kappa shape index (κ3) is 2.71. The van der Waals surface area contributed by atoms with Crippen molar-refractivity contribution in [2.24, 2.45) is 12.8 Å². The average molecular weight is 330 g/mol. The molecule has 1 aliphatic rings. The van der Waals surface area contributed by atoms with Gasteiger partial charge in [0.1, 0.15) is 0 Å². The first kappa shape index (κ1) is 16.3. The highest BCUT2D eigenvalue weighted by Gasteiger charge is 2.25. The van der Waals surface area contributed by atoms with Crippen molar-refractivity contribution in [3.05, 3.63) is 10.4 Å². The van der Waals surface area contributed by atoms with Gasteiger partial charge in [0, 0.05) is 26.2 Å². The van der Waals surface area contributed by atoms with Gasteiger partial charge in [0.05, 0.1) is 13.7 Å². The minimum atomic E-state index is -0.199. The Bertz CT molecular complexity index is 873. The van der Waals surface area contributed by atoms with Crippen molar-refractivity contribution in [2.75, 3.05) is 25.1 Å². The van der Waals surface area contributed by atoms with Gasteiger partial charge in [-0.25, -0.2) is 0 Å². The molecule has 24 heavy (non-hydrogen) atoms. The lowest BCUT2D eigenvalue weighted by molar-refractivity contribution is 0.359. The van der Waals surface area contributed by atoms with Crippen molar-refractivity contribution in [3.63, 3.8) is 0 Å². The molecule has 8 nitrogen and oxygen atoms in total. The number of hydrogen-bond donors (Lipinski definition) is 1. The summed E-state index contributed by atoms with van der Waals surface area (Å²) < 4.78 is 8.38. The molecule has 3 heterocycles. The van der Waals surface area contributed by atoms with Crippen LogP contribution < -0.4 is 20.9 Å². The maximum absolute atomic E-state index is 12.7. The summed E-state index contributed by atoms with van der Waals surface area (Å²) in [5.41, 5.74) is 6.72. The average Bonchev–Trinajstić information content (AvgIpc) is 2.94. The van der Waals surface area contributed by atoms with Crippen molar-refractivity contribution in [1.29, 1.82) is 0 Å². The number of hydrogen-bond acceptors (Lipinski definition) is 6. The monoisotopic (exact) mass is 330 g/mol. The fourth-order valence-corrected chi connectivity index (χ4v) is 3.05. The topological polar surface area (TPSA) is 91.2 Å². The predicted molar refractivity (Wildman–Crippen MR) is 92.2 cm³/mol. The first-order valence-electron chi connectivity index (χ1n) is 7.98. The summed E-state index contributed by atoms with van der Waals surface area (Å²) in [5.74, 6) is 6.58. The van der Waals surface area contributed by atoms with Gasteiger partial charge in [0.2, 0.25) is 5.95 Å².